The van der Waals surface area contributed by atoms with E-state index in [0.29, 0.717) is 23.7 Å². The summed E-state index contributed by atoms with van der Waals surface area (Å²) in [6, 6.07) is 13.9. The van der Waals surface area contributed by atoms with Gasteiger partial charge in [-0.25, -0.2) is 14.8 Å². The quantitative estimate of drug-likeness (QED) is 0.0860. The Bertz CT molecular complexity index is 1340. The summed E-state index contributed by atoms with van der Waals surface area (Å²) in [5.74, 6) is 0.308. The number of carbonyl (C=O) groups is 1. The van der Waals surface area contributed by atoms with Crippen molar-refractivity contribution >= 4 is 5.97 Å². The monoisotopic (exact) mass is 566 g/mol. The van der Waals surface area contributed by atoms with Gasteiger partial charge in [0.15, 0.2) is 11.6 Å². The van der Waals surface area contributed by atoms with Crippen molar-refractivity contribution in [1.29, 1.82) is 10.5 Å². The van der Waals surface area contributed by atoms with Crippen molar-refractivity contribution in [3.05, 3.63) is 71.0 Å². The number of hydrogen-bond donors (Lipinski definition) is 0. The minimum absolute atomic E-state index is 0.0177. The maximum atomic E-state index is 12.9. The summed E-state index contributed by atoms with van der Waals surface area (Å²) in [7, 11) is 0. The number of benzene rings is 2. The summed E-state index contributed by atoms with van der Waals surface area (Å²) in [6.07, 6.45) is 19.0. The molecule has 0 bridgehead atoms. The second kappa shape index (κ2) is 18.3. The van der Waals surface area contributed by atoms with Gasteiger partial charge in [0.1, 0.15) is 29.0 Å². The standard InChI is InChI=1S/C35H42N4O3/c1-3-5-7-9-10-11-13-15-27-25-38-34(39-26-27)28-16-18-29(19-17-28)35(40)42-33-21-20-32(30(23-36)31(33)24-37)41-22-14-12-8-6-4-2/h16-21,25-26H,3-15,22H2,1-2H3. The summed E-state index contributed by atoms with van der Waals surface area (Å²) in [5.41, 5.74) is 2.27. The molecule has 0 radical (unpaired) electrons. The first-order chi connectivity index (χ1) is 20.6. The van der Waals surface area contributed by atoms with Gasteiger partial charge in [-0.05, 0) is 49.1 Å². The number of aromatic nitrogens is 2. The third-order valence-electron chi connectivity index (χ3n) is 7.21. The van der Waals surface area contributed by atoms with Crippen molar-refractivity contribution in [3.8, 4) is 35.0 Å². The third kappa shape index (κ3) is 10.00. The van der Waals surface area contributed by atoms with Gasteiger partial charge < -0.3 is 9.47 Å². The van der Waals surface area contributed by atoms with E-state index in [-0.39, 0.29) is 16.9 Å². The van der Waals surface area contributed by atoms with Crippen LogP contribution in [0.3, 0.4) is 0 Å². The van der Waals surface area contributed by atoms with Crippen LogP contribution in [0.15, 0.2) is 48.8 Å². The minimum atomic E-state index is -0.627. The molecule has 0 saturated heterocycles. The highest BCUT2D eigenvalue weighted by Gasteiger charge is 2.19. The largest absolute Gasteiger partial charge is 0.492 e. The zero-order valence-corrected chi connectivity index (χ0v) is 25.0. The first-order valence-corrected chi connectivity index (χ1v) is 15.3. The Morgan fingerprint density at radius 3 is 1.88 bits per heavy atom. The summed E-state index contributed by atoms with van der Waals surface area (Å²) in [6.45, 7) is 4.86. The van der Waals surface area contributed by atoms with Gasteiger partial charge in [-0.15, -0.1) is 0 Å². The molecule has 0 aliphatic heterocycles. The number of unbranched alkanes of at least 4 members (excludes halogenated alkanes) is 10. The Hall–Kier alpha value is -4.23. The van der Waals surface area contributed by atoms with Crippen molar-refractivity contribution in [2.45, 2.75) is 97.3 Å². The van der Waals surface area contributed by atoms with Crippen molar-refractivity contribution in [2.24, 2.45) is 0 Å². The van der Waals surface area contributed by atoms with E-state index in [1.807, 2.05) is 24.5 Å². The Balaban J connectivity index is 1.56. The Morgan fingerprint density at radius 2 is 1.26 bits per heavy atom. The van der Waals surface area contributed by atoms with Crippen molar-refractivity contribution < 1.29 is 14.3 Å². The summed E-state index contributed by atoms with van der Waals surface area (Å²) >= 11 is 0. The fourth-order valence-corrected chi connectivity index (χ4v) is 4.71. The van der Waals surface area contributed by atoms with Gasteiger partial charge in [-0.3, -0.25) is 0 Å². The van der Waals surface area contributed by atoms with Crippen LogP contribution < -0.4 is 9.47 Å². The van der Waals surface area contributed by atoms with Gasteiger partial charge in [0.25, 0.3) is 0 Å². The molecular formula is C35H42N4O3. The molecule has 7 nitrogen and oxygen atoms in total. The molecule has 0 aliphatic carbocycles. The predicted octanol–water partition coefficient (Wildman–Crippen LogP) is 8.75. The first-order valence-electron chi connectivity index (χ1n) is 15.3. The molecule has 1 aromatic heterocycles. The van der Waals surface area contributed by atoms with Gasteiger partial charge in [0.05, 0.1) is 12.2 Å². The number of carbonyl (C=O) groups excluding carboxylic acids is 1. The molecule has 0 N–H and O–H groups in total. The van der Waals surface area contributed by atoms with E-state index in [0.717, 1.165) is 49.7 Å². The van der Waals surface area contributed by atoms with Crippen LogP contribution in [-0.2, 0) is 6.42 Å². The van der Waals surface area contributed by atoms with E-state index in [1.165, 1.54) is 51.0 Å². The molecule has 3 aromatic rings. The van der Waals surface area contributed by atoms with Crippen molar-refractivity contribution in [3.63, 3.8) is 0 Å². The molecule has 42 heavy (non-hydrogen) atoms. The number of nitriles is 2. The highest BCUT2D eigenvalue weighted by atomic mass is 16.5. The number of esters is 1. The molecule has 0 fully saturated rings. The molecule has 0 spiro atoms. The SMILES string of the molecule is CCCCCCCCCc1cnc(-c2ccc(C(=O)Oc3ccc(OCCCCCCC)c(C#N)c3C#N)cc2)nc1. The normalized spacial score (nSPS) is 10.6. The smallest absolute Gasteiger partial charge is 0.343 e. The van der Waals surface area contributed by atoms with Crippen molar-refractivity contribution in [1.82, 2.24) is 9.97 Å². The second-order valence-corrected chi connectivity index (χ2v) is 10.6. The molecule has 0 atom stereocenters. The summed E-state index contributed by atoms with van der Waals surface area (Å²) in [5, 5.41) is 19.4. The molecule has 1 heterocycles. The van der Waals surface area contributed by atoms with Crippen LogP contribution in [0.2, 0.25) is 0 Å². The lowest BCUT2D eigenvalue weighted by atomic mass is 10.1. The average Bonchev–Trinajstić information content (AvgIpc) is 3.02. The fraction of sp³-hybridized carbons (Fsp3) is 0.457. The molecule has 0 saturated carbocycles. The Kier molecular flexibility index (Phi) is 14.0. The van der Waals surface area contributed by atoms with Crippen LogP contribution in [-0.4, -0.2) is 22.5 Å². The highest BCUT2D eigenvalue weighted by Crippen LogP contribution is 2.30. The van der Waals surface area contributed by atoms with Crippen LogP contribution in [0.1, 0.15) is 118 Å². The van der Waals surface area contributed by atoms with E-state index >= 15 is 0 Å². The van der Waals surface area contributed by atoms with E-state index < -0.39 is 5.97 Å². The van der Waals surface area contributed by atoms with Gasteiger partial charge in [0, 0.05) is 18.0 Å². The maximum Gasteiger partial charge on any atom is 0.343 e. The lowest BCUT2D eigenvalue weighted by molar-refractivity contribution is 0.0734. The van der Waals surface area contributed by atoms with Gasteiger partial charge in [-0.2, -0.15) is 10.5 Å². The molecule has 7 heteroatoms. The van der Waals surface area contributed by atoms with Crippen LogP contribution in [0, 0.1) is 22.7 Å². The van der Waals surface area contributed by atoms with E-state index in [9.17, 15) is 15.3 Å². The predicted molar refractivity (Wildman–Crippen MR) is 164 cm³/mol. The molecule has 0 aliphatic rings. The zero-order chi connectivity index (χ0) is 30.0. The second-order valence-electron chi connectivity index (χ2n) is 10.6. The number of nitrogens with zero attached hydrogens (tertiary/aromatic N) is 4. The lowest BCUT2D eigenvalue weighted by Crippen LogP contribution is -2.10. The van der Waals surface area contributed by atoms with Gasteiger partial charge >= 0.3 is 5.97 Å². The Morgan fingerprint density at radius 1 is 0.714 bits per heavy atom. The summed E-state index contributed by atoms with van der Waals surface area (Å²) < 4.78 is 11.3. The molecule has 2 aromatic carbocycles. The zero-order valence-electron chi connectivity index (χ0n) is 25.0. The topological polar surface area (TPSA) is 109 Å². The fourth-order valence-electron chi connectivity index (χ4n) is 4.71. The van der Waals surface area contributed by atoms with Gasteiger partial charge in [-0.1, -0.05) is 90.2 Å². The maximum absolute atomic E-state index is 12.9. The first kappa shape index (κ1) is 32.3. The van der Waals surface area contributed by atoms with E-state index in [4.69, 9.17) is 9.47 Å². The number of ether oxygens (including phenoxy) is 2. The van der Waals surface area contributed by atoms with Gasteiger partial charge in [0.2, 0.25) is 0 Å². The van der Waals surface area contributed by atoms with Crippen molar-refractivity contribution in [2.75, 3.05) is 6.61 Å². The van der Waals surface area contributed by atoms with Crippen LogP contribution in [0.4, 0.5) is 0 Å². The molecular weight excluding hydrogens is 524 g/mol. The van der Waals surface area contributed by atoms with E-state index in [1.54, 1.807) is 30.3 Å². The average molecular weight is 567 g/mol. The highest BCUT2D eigenvalue weighted by molar-refractivity contribution is 5.92. The summed E-state index contributed by atoms with van der Waals surface area (Å²) in [4.78, 5) is 21.9. The lowest BCUT2D eigenvalue weighted by Gasteiger charge is -2.12. The molecule has 220 valence electrons. The number of rotatable bonds is 18. The number of aryl methyl sites for hydroxylation is 1. The minimum Gasteiger partial charge on any atom is -0.492 e. The molecule has 3 rings (SSSR count). The molecule has 0 unspecified atom stereocenters. The van der Waals surface area contributed by atoms with Crippen LogP contribution >= 0.6 is 0 Å². The number of hydrogen-bond acceptors (Lipinski definition) is 7. The van der Waals surface area contributed by atoms with E-state index in [2.05, 4.69) is 23.8 Å². The third-order valence-corrected chi connectivity index (χ3v) is 7.21. The van der Waals surface area contributed by atoms with Crippen LogP contribution in [0.25, 0.3) is 11.4 Å². The van der Waals surface area contributed by atoms with Crippen LogP contribution in [0.5, 0.6) is 11.5 Å². The molecule has 0 amide bonds. The Labute approximate surface area is 250 Å².